The number of hydrogen-bond acceptors (Lipinski definition) is 13. The zero-order valence-corrected chi connectivity index (χ0v) is 26.5. The number of aromatic hydroxyl groups is 2. The Kier molecular flexibility index (Phi) is 9.30. The molecule has 1 aliphatic carbocycles. The van der Waals surface area contributed by atoms with Crippen LogP contribution in [0.5, 0.6) is 23.0 Å². The molecular formula is C35H35O14+. The van der Waals surface area contributed by atoms with Gasteiger partial charge in [-0.2, -0.15) is 0 Å². The Morgan fingerprint density at radius 1 is 0.959 bits per heavy atom. The first kappa shape index (κ1) is 33.5. The number of allylic oxidation sites excluding steroid dienone is 3. The second-order valence-corrected chi connectivity index (χ2v) is 11.5. The highest BCUT2D eigenvalue weighted by Crippen LogP contribution is 2.47. The molecule has 2 aromatic carbocycles. The van der Waals surface area contributed by atoms with E-state index in [0.29, 0.717) is 28.0 Å². The molecule has 49 heavy (non-hydrogen) atoms. The van der Waals surface area contributed by atoms with E-state index in [0.717, 1.165) is 6.08 Å². The minimum absolute atomic E-state index is 0.0513. The molecule has 6 atom stereocenters. The van der Waals surface area contributed by atoms with Gasteiger partial charge in [0.25, 0.3) is 0 Å². The highest BCUT2D eigenvalue weighted by Gasteiger charge is 2.50. The molecule has 14 nitrogen and oxygen atoms in total. The predicted molar refractivity (Wildman–Crippen MR) is 171 cm³/mol. The molecule has 0 amide bonds. The number of aliphatic hydroxyl groups is 6. The van der Waals surface area contributed by atoms with E-state index in [1.54, 1.807) is 25.1 Å². The molecule has 258 valence electrons. The van der Waals surface area contributed by atoms with Crippen LogP contribution < -0.4 is 9.47 Å². The van der Waals surface area contributed by atoms with Crippen LogP contribution in [0.4, 0.5) is 0 Å². The molecule has 4 aliphatic rings. The highest BCUT2D eigenvalue weighted by atomic mass is 16.7. The summed E-state index contributed by atoms with van der Waals surface area (Å²) >= 11 is 0. The second kappa shape index (κ2) is 13.6. The Morgan fingerprint density at radius 3 is 2.33 bits per heavy atom. The molecule has 0 spiro atoms. The topological polar surface area (TPSA) is 207 Å². The lowest BCUT2D eigenvalue weighted by Gasteiger charge is -2.39. The van der Waals surface area contributed by atoms with Crippen molar-refractivity contribution in [2.24, 2.45) is 0 Å². The monoisotopic (exact) mass is 679 g/mol. The number of methoxy groups -OCH3 is 2. The van der Waals surface area contributed by atoms with Crippen LogP contribution in [0.25, 0.3) is 11.8 Å². The lowest BCUT2D eigenvalue weighted by molar-refractivity contribution is -0.331. The summed E-state index contributed by atoms with van der Waals surface area (Å²) in [4.78, 5) is 12.5. The van der Waals surface area contributed by atoms with Crippen LogP contribution in [0.1, 0.15) is 18.1 Å². The SMILES string of the molecule is COc1cc(C2=C([OH+][C@@H]3O[C@H](COC(=O)C=Cc4ccc(O)cc4)[C@@H](O)[C@H](O)[C@H]3O)C3=C4C(=CC(O)=CC4OC(C)=C3)O2)cc(OC)c1O. The number of benzene rings is 2. The van der Waals surface area contributed by atoms with Gasteiger partial charge in [0.05, 0.1) is 31.1 Å². The highest BCUT2D eigenvalue weighted by molar-refractivity contribution is 5.87. The first-order chi connectivity index (χ1) is 23.5. The van der Waals surface area contributed by atoms with Gasteiger partial charge in [0.1, 0.15) is 48.3 Å². The van der Waals surface area contributed by atoms with Crippen molar-refractivity contribution >= 4 is 17.8 Å². The Balaban J connectivity index is 1.33. The first-order valence-corrected chi connectivity index (χ1v) is 15.1. The second-order valence-electron chi connectivity index (χ2n) is 11.5. The summed E-state index contributed by atoms with van der Waals surface area (Å²) in [5.41, 5.74) is 1.94. The zero-order valence-electron chi connectivity index (χ0n) is 26.5. The lowest BCUT2D eigenvalue weighted by Crippen LogP contribution is -2.60. The quantitative estimate of drug-likeness (QED) is 0.128. The van der Waals surface area contributed by atoms with E-state index in [4.69, 9.17) is 33.2 Å². The normalized spacial score (nSPS) is 26.1. The van der Waals surface area contributed by atoms with E-state index in [9.17, 15) is 35.4 Å². The molecule has 7 N–H and O–H groups in total. The average Bonchev–Trinajstić information content (AvgIpc) is 3.08. The fourth-order valence-electron chi connectivity index (χ4n) is 5.71. The van der Waals surface area contributed by atoms with Crippen molar-refractivity contribution in [1.82, 2.24) is 0 Å². The maximum Gasteiger partial charge on any atom is 0.330 e. The van der Waals surface area contributed by atoms with Gasteiger partial charge in [-0.05, 0) is 48.9 Å². The fourth-order valence-corrected chi connectivity index (χ4v) is 5.71. The van der Waals surface area contributed by atoms with Crippen LogP contribution >= 0.6 is 0 Å². The van der Waals surface area contributed by atoms with Gasteiger partial charge in [-0.25, -0.2) is 4.79 Å². The Hall–Kier alpha value is -5.41. The molecule has 6 rings (SSSR count). The first-order valence-electron chi connectivity index (χ1n) is 15.1. The van der Waals surface area contributed by atoms with Crippen molar-refractivity contribution < 1.29 is 68.6 Å². The van der Waals surface area contributed by atoms with Crippen molar-refractivity contribution in [3.8, 4) is 23.0 Å². The van der Waals surface area contributed by atoms with E-state index >= 15 is 0 Å². The minimum Gasteiger partial charge on any atom is -0.555 e. The number of esters is 1. The molecule has 1 unspecified atom stereocenters. The van der Waals surface area contributed by atoms with Crippen molar-refractivity contribution in [2.75, 3.05) is 20.8 Å². The number of phenolic OH excluding ortho intramolecular Hbond substituents is 2. The molecule has 0 bridgehead atoms. The summed E-state index contributed by atoms with van der Waals surface area (Å²) < 4.78 is 38.9. The average molecular weight is 680 g/mol. The number of aliphatic hydroxyl groups excluding tert-OH is 4. The van der Waals surface area contributed by atoms with E-state index in [-0.39, 0.29) is 46.0 Å². The Morgan fingerprint density at radius 2 is 1.65 bits per heavy atom. The third-order valence-electron chi connectivity index (χ3n) is 8.16. The maximum atomic E-state index is 12.5. The summed E-state index contributed by atoms with van der Waals surface area (Å²) in [7, 11) is 2.72. The number of ether oxygens (including phenoxy) is 7. The number of rotatable bonds is 9. The van der Waals surface area contributed by atoms with Gasteiger partial charge in [-0.1, -0.05) is 12.1 Å². The van der Waals surface area contributed by atoms with Crippen LogP contribution in [0, 0.1) is 0 Å². The Bertz CT molecular complexity index is 1790. The third kappa shape index (κ3) is 6.67. The van der Waals surface area contributed by atoms with Gasteiger partial charge >= 0.3 is 18.0 Å². The van der Waals surface area contributed by atoms with Crippen LogP contribution in [0.3, 0.4) is 0 Å². The number of phenols is 2. The molecule has 0 radical (unpaired) electrons. The summed E-state index contributed by atoms with van der Waals surface area (Å²) in [5, 5.41) is 63.1. The number of hydrogen-bond donors (Lipinski definition) is 6. The number of carbonyl (C=O) groups excluding carboxylic acids is 1. The standard InChI is InChI=1S/C35H34O14/c1-16-10-21-28-22(46-16)13-20(37)14-23(28)47-33(18-11-24(43-2)29(39)25(12-18)44-3)34(21)49-35-32(42)31(41)30(40)26(48-35)15-45-27(38)9-6-17-4-7-19(36)8-5-17/h4-14,22,26,30-32,35-37,39-42H,15H2,1-3H3/p+1/t22?,26-,30-,31+,32-,35+/m1/s1. The van der Waals surface area contributed by atoms with Crippen molar-refractivity contribution in [1.29, 1.82) is 0 Å². The van der Waals surface area contributed by atoms with Gasteiger partial charge in [0, 0.05) is 23.8 Å². The van der Waals surface area contributed by atoms with Crippen LogP contribution in [-0.4, -0.2) is 99.0 Å². The molecule has 3 heterocycles. The fraction of sp³-hybridized carbons (Fsp3) is 0.286. The van der Waals surface area contributed by atoms with Gasteiger partial charge in [-0.15, -0.1) is 0 Å². The Labute approximate surface area is 279 Å². The van der Waals surface area contributed by atoms with E-state index in [1.807, 2.05) is 0 Å². The molecule has 1 fully saturated rings. The van der Waals surface area contributed by atoms with Crippen LogP contribution in [0.2, 0.25) is 0 Å². The van der Waals surface area contributed by atoms with E-state index in [1.165, 1.54) is 56.7 Å². The summed E-state index contributed by atoms with van der Waals surface area (Å²) in [6, 6.07) is 9.06. The number of carbonyl (C=O) groups is 1. The van der Waals surface area contributed by atoms with Gasteiger partial charge in [0.15, 0.2) is 17.6 Å². The summed E-state index contributed by atoms with van der Waals surface area (Å²) in [6.45, 7) is 1.21. The molecule has 14 heteroatoms. The largest absolute Gasteiger partial charge is 0.555 e. The lowest BCUT2D eigenvalue weighted by atomic mass is 9.89. The van der Waals surface area contributed by atoms with E-state index < -0.39 is 49.4 Å². The molecule has 1 saturated heterocycles. The summed E-state index contributed by atoms with van der Waals surface area (Å²) in [6.07, 6.45) is -1.48. The zero-order chi connectivity index (χ0) is 35.0. The molecule has 0 aromatic heterocycles. The van der Waals surface area contributed by atoms with Crippen LogP contribution in [0.15, 0.2) is 94.9 Å². The third-order valence-corrected chi connectivity index (χ3v) is 8.16. The van der Waals surface area contributed by atoms with Crippen LogP contribution in [-0.2, 0) is 23.7 Å². The van der Waals surface area contributed by atoms with Gasteiger partial charge in [0.2, 0.25) is 11.5 Å². The minimum atomic E-state index is -1.75. The molecular weight excluding hydrogens is 644 g/mol. The van der Waals surface area contributed by atoms with E-state index in [2.05, 4.69) is 0 Å². The summed E-state index contributed by atoms with van der Waals surface area (Å²) in [5.74, 6) is -0.0366. The smallest absolute Gasteiger partial charge is 0.330 e. The van der Waals surface area contributed by atoms with Crippen molar-refractivity contribution in [3.05, 3.63) is 106 Å². The predicted octanol–water partition coefficient (Wildman–Crippen LogP) is 2.34. The maximum absolute atomic E-state index is 12.5. The van der Waals surface area contributed by atoms with Gasteiger partial charge < -0.3 is 59.1 Å². The molecule has 0 saturated carbocycles. The molecule has 3 aliphatic heterocycles. The molecule has 2 aromatic rings. The van der Waals surface area contributed by atoms with Crippen molar-refractivity contribution in [2.45, 2.75) is 43.7 Å². The van der Waals surface area contributed by atoms with Crippen molar-refractivity contribution in [3.63, 3.8) is 0 Å². The van der Waals surface area contributed by atoms with Gasteiger partial charge in [-0.3, -0.25) is 4.74 Å².